The van der Waals surface area contributed by atoms with E-state index in [0.29, 0.717) is 12.7 Å². The van der Waals surface area contributed by atoms with Gasteiger partial charge in [0.1, 0.15) is 6.10 Å². The molecular weight excluding hydrogens is 128 g/mol. The van der Waals surface area contributed by atoms with Gasteiger partial charge in [-0.05, 0) is 13.8 Å². The van der Waals surface area contributed by atoms with Crippen molar-refractivity contribution in [1.29, 1.82) is 0 Å². The van der Waals surface area contributed by atoms with Crippen LogP contribution < -0.4 is 0 Å². The second-order valence-corrected chi connectivity index (χ2v) is 3.07. The molecule has 0 aromatic carbocycles. The molecule has 1 unspecified atom stereocenters. The number of hydrogen-bond donors (Lipinski definition) is 0. The molecule has 10 heavy (non-hydrogen) atoms. The van der Waals surface area contributed by atoms with Crippen LogP contribution in [0.3, 0.4) is 0 Å². The molecule has 0 N–H and O–H groups in total. The molecule has 0 aliphatic carbocycles. The Kier molecular flexibility index (Phi) is 2.11. The molecule has 0 saturated carbocycles. The quantitative estimate of drug-likeness (QED) is 0.437. The standard InChI is InChI=1S/C8H14O2/c1-4-8(2,3)10-6-7-5-9-7/h4,7H,1,5-6H2,2-3H3. The molecule has 0 bridgehead atoms. The minimum atomic E-state index is -0.202. The van der Waals surface area contributed by atoms with Crippen molar-refractivity contribution in [2.24, 2.45) is 0 Å². The Balaban J connectivity index is 2.14. The van der Waals surface area contributed by atoms with Gasteiger partial charge in [-0.25, -0.2) is 0 Å². The summed E-state index contributed by atoms with van der Waals surface area (Å²) in [6.07, 6.45) is 2.15. The van der Waals surface area contributed by atoms with E-state index in [1.54, 1.807) is 6.08 Å². The fourth-order valence-electron chi connectivity index (χ4n) is 0.531. The SMILES string of the molecule is C=CC(C)(C)OCC1CO1. The highest BCUT2D eigenvalue weighted by atomic mass is 16.6. The first-order valence-electron chi connectivity index (χ1n) is 3.53. The molecule has 0 aromatic heterocycles. The van der Waals surface area contributed by atoms with Crippen molar-refractivity contribution < 1.29 is 9.47 Å². The van der Waals surface area contributed by atoms with Crippen molar-refractivity contribution in [1.82, 2.24) is 0 Å². The number of epoxide rings is 1. The van der Waals surface area contributed by atoms with Crippen LogP contribution in [0, 0.1) is 0 Å². The van der Waals surface area contributed by atoms with Crippen molar-refractivity contribution in [3.8, 4) is 0 Å². The number of ether oxygens (including phenoxy) is 2. The Bertz CT molecular complexity index is 125. The average molecular weight is 142 g/mol. The normalized spacial score (nSPS) is 24.4. The van der Waals surface area contributed by atoms with Crippen LogP contribution in [0.2, 0.25) is 0 Å². The summed E-state index contributed by atoms with van der Waals surface area (Å²) in [6.45, 7) is 9.19. The van der Waals surface area contributed by atoms with Crippen LogP contribution >= 0.6 is 0 Å². The molecule has 2 heteroatoms. The summed E-state index contributed by atoms with van der Waals surface area (Å²) >= 11 is 0. The Labute approximate surface area is 61.8 Å². The molecule has 1 heterocycles. The van der Waals surface area contributed by atoms with Crippen molar-refractivity contribution in [3.63, 3.8) is 0 Å². The molecule has 0 amide bonds. The maximum Gasteiger partial charge on any atom is 0.104 e. The summed E-state index contributed by atoms with van der Waals surface area (Å²) in [5.74, 6) is 0. The van der Waals surface area contributed by atoms with Gasteiger partial charge in [-0.2, -0.15) is 0 Å². The smallest absolute Gasteiger partial charge is 0.104 e. The lowest BCUT2D eigenvalue weighted by Gasteiger charge is -2.19. The van der Waals surface area contributed by atoms with Gasteiger partial charge in [-0.3, -0.25) is 0 Å². The Hall–Kier alpha value is -0.340. The third-order valence-electron chi connectivity index (χ3n) is 1.54. The highest BCUT2D eigenvalue weighted by Crippen LogP contribution is 2.15. The molecule has 2 nitrogen and oxygen atoms in total. The second-order valence-electron chi connectivity index (χ2n) is 3.07. The topological polar surface area (TPSA) is 21.8 Å². The predicted octanol–water partition coefficient (Wildman–Crippen LogP) is 1.37. The highest BCUT2D eigenvalue weighted by molar-refractivity contribution is 4.90. The minimum Gasteiger partial charge on any atom is -0.371 e. The van der Waals surface area contributed by atoms with Gasteiger partial charge in [0.25, 0.3) is 0 Å². The highest BCUT2D eigenvalue weighted by Gasteiger charge is 2.25. The zero-order chi connectivity index (χ0) is 7.61. The molecule has 1 aliphatic rings. The molecule has 0 spiro atoms. The van der Waals surface area contributed by atoms with Gasteiger partial charge in [0.05, 0.1) is 18.8 Å². The molecule has 1 atom stereocenters. The fraction of sp³-hybridized carbons (Fsp3) is 0.750. The van der Waals surface area contributed by atoms with Gasteiger partial charge < -0.3 is 9.47 Å². The predicted molar refractivity (Wildman–Crippen MR) is 40.0 cm³/mol. The van der Waals surface area contributed by atoms with Crippen molar-refractivity contribution in [2.75, 3.05) is 13.2 Å². The van der Waals surface area contributed by atoms with Gasteiger partial charge in [-0.15, -0.1) is 6.58 Å². The zero-order valence-electron chi connectivity index (χ0n) is 6.59. The lowest BCUT2D eigenvalue weighted by Crippen LogP contribution is -2.23. The van der Waals surface area contributed by atoms with Gasteiger partial charge in [0, 0.05) is 0 Å². The van der Waals surface area contributed by atoms with Gasteiger partial charge in [0.2, 0.25) is 0 Å². The summed E-state index contributed by atoms with van der Waals surface area (Å²) in [4.78, 5) is 0. The summed E-state index contributed by atoms with van der Waals surface area (Å²) in [7, 11) is 0. The molecule has 0 aromatic rings. The zero-order valence-corrected chi connectivity index (χ0v) is 6.59. The molecule has 1 aliphatic heterocycles. The first kappa shape index (κ1) is 7.76. The van der Waals surface area contributed by atoms with E-state index < -0.39 is 0 Å². The van der Waals surface area contributed by atoms with Crippen LogP contribution in [0.25, 0.3) is 0 Å². The maximum atomic E-state index is 5.46. The Morgan fingerprint density at radius 1 is 1.80 bits per heavy atom. The third-order valence-corrected chi connectivity index (χ3v) is 1.54. The van der Waals surface area contributed by atoms with Gasteiger partial charge in [-0.1, -0.05) is 6.08 Å². The van der Waals surface area contributed by atoms with Crippen LogP contribution in [0.15, 0.2) is 12.7 Å². The summed E-state index contributed by atoms with van der Waals surface area (Å²) in [5, 5.41) is 0. The van der Waals surface area contributed by atoms with Crippen LogP contribution in [0.1, 0.15) is 13.8 Å². The summed E-state index contributed by atoms with van der Waals surface area (Å²) < 4.78 is 10.4. The van der Waals surface area contributed by atoms with Crippen LogP contribution in [-0.2, 0) is 9.47 Å². The van der Waals surface area contributed by atoms with Crippen LogP contribution in [-0.4, -0.2) is 24.9 Å². The first-order chi connectivity index (χ1) is 4.64. The second kappa shape index (κ2) is 2.72. The van der Waals surface area contributed by atoms with Crippen LogP contribution in [0.5, 0.6) is 0 Å². The van der Waals surface area contributed by atoms with E-state index in [1.165, 1.54) is 0 Å². The molecule has 1 fully saturated rings. The maximum absolute atomic E-state index is 5.46. The third kappa shape index (κ3) is 2.50. The first-order valence-corrected chi connectivity index (χ1v) is 3.53. The van der Waals surface area contributed by atoms with Gasteiger partial charge >= 0.3 is 0 Å². The molecular formula is C8H14O2. The van der Waals surface area contributed by atoms with E-state index in [2.05, 4.69) is 6.58 Å². The molecule has 0 radical (unpaired) electrons. The Morgan fingerprint density at radius 3 is 2.80 bits per heavy atom. The van der Waals surface area contributed by atoms with E-state index in [4.69, 9.17) is 9.47 Å². The summed E-state index contributed by atoms with van der Waals surface area (Å²) in [5.41, 5.74) is -0.202. The average Bonchev–Trinajstić information content (AvgIpc) is 2.66. The van der Waals surface area contributed by atoms with E-state index >= 15 is 0 Å². The van der Waals surface area contributed by atoms with E-state index in [1.807, 2.05) is 13.8 Å². The van der Waals surface area contributed by atoms with E-state index in [9.17, 15) is 0 Å². The van der Waals surface area contributed by atoms with Crippen molar-refractivity contribution >= 4 is 0 Å². The molecule has 1 saturated heterocycles. The largest absolute Gasteiger partial charge is 0.371 e. The Morgan fingerprint density at radius 2 is 2.40 bits per heavy atom. The van der Waals surface area contributed by atoms with Crippen molar-refractivity contribution in [3.05, 3.63) is 12.7 Å². The number of rotatable bonds is 4. The fourth-order valence-corrected chi connectivity index (χ4v) is 0.531. The number of hydrogen-bond acceptors (Lipinski definition) is 2. The monoisotopic (exact) mass is 142 g/mol. The lowest BCUT2D eigenvalue weighted by atomic mass is 10.1. The summed E-state index contributed by atoms with van der Waals surface area (Å²) in [6, 6.07) is 0. The van der Waals surface area contributed by atoms with Crippen molar-refractivity contribution in [2.45, 2.75) is 25.6 Å². The van der Waals surface area contributed by atoms with Gasteiger partial charge in [0.15, 0.2) is 0 Å². The lowest BCUT2D eigenvalue weighted by molar-refractivity contribution is 0.0111. The van der Waals surface area contributed by atoms with E-state index in [-0.39, 0.29) is 5.60 Å². The van der Waals surface area contributed by atoms with Crippen LogP contribution in [0.4, 0.5) is 0 Å². The minimum absolute atomic E-state index is 0.202. The molecule has 1 rings (SSSR count). The van der Waals surface area contributed by atoms with E-state index in [0.717, 1.165) is 6.61 Å². The molecule has 58 valence electrons.